The fourth-order valence-electron chi connectivity index (χ4n) is 3.47. The molecule has 2 aliphatic rings. The molecule has 0 atom stereocenters. The fraction of sp³-hybridized carbons (Fsp3) is 0.650. The zero-order valence-corrected chi connectivity index (χ0v) is 16.1. The number of benzene rings is 1. The number of hydrogen-bond acceptors (Lipinski definition) is 4. The summed E-state index contributed by atoms with van der Waals surface area (Å²) in [6.45, 7) is 7.50. The van der Waals surface area contributed by atoms with Gasteiger partial charge in [-0.25, -0.2) is 0 Å². The van der Waals surface area contributed by atoms with Crippen LogP contribution in [0.15, 0.2) is 23.2 Å². The van der Waals surface area contributed by atoms with Crippen molar-refractivity contribution in [2.75, 3.05) is 46.6 Å². The first kappa shape index (κ1) is 18.8. The summed E-state index contributed by atoms with van der Waals surface area (Å²) in [5.41, 5.74) is 1.24. The van der Waals surface area contributed by atoms with E-state index in [0.29, 0.717) is 6.79 Å². The van der Waals surface area contributed by atoms with Gasteiger partial charge in [0.2, 0.25) is 6.79 Å². The monoisotopic (exact) mass is 360 g/mol. The number of ether oxygens (including phenoxy) is 2. The highest BCUT2D eigenvalue weighted by molar-refractivity contribution is 5.79. The smallest absolute Gasteiger partial charge is 0.231 e. The number of fused-ring (bicyclic) bond motifs is 1. The van der Waals surface area contributed by atoms with Gasteiger partial charge in [-0.3, -0.25) is 4.99 Å². The van der Waals surface area contributed by atoms with Gasteiger partial charge in [-0.2, -0.15) is 0 Å². The van der Waals surface area contributed by atoms with E-state index in [2.05, 4.69) is 41.6 Å². The molecule has 0 radical (unpaired) electrons. The molecule has 6 nitrogen and oxygen atoms in total. The minimum Gasteiger partial charge on any atom is -0.454 e. The summed E-state index contributed by atoms with van der Waals surface area (Å²) in [5.74, 6) is 3.43. The highest BCUT2D eigenvalue weighted by Gasteiger charge is 2.16. The quantitative estimate of drug-likeness (QED) is 0.577. The van der Waals surface area contributed by atoms with Crippen LogP contribution in [0.4, 0.5) is 0 Å². The van der Waals surface area contributed by atoms with E-state index >= 15 is 0 Å². The summed E-state index contributed by atoms with van der Waals surface area (Å²) in [7, 11) is 2.21. The fourth-order valence-corrected chi connectivity index (χ4v) is 3.47. The van der Waals surface area contributed by atoms with Gasteiger partial charge in [0.05, 0.1) is 0 Å². The minimum absolute atomic E-state index is 0.325. The summed E-state index contributed by atoms with van der Waals surface area (Å²) >= 11 is 0. The predicted octanol–water partition coefficient (Wildman–Crippen LogP) is 2.24. The van der Waals surface area contributed by atoms with Crippen LogP contribution in [0.3, 0.4) is 0 Å². The Labute approximate surface area is 157 Å². The Hall–Kier alpha value is -1.95. The lowest BCUT2D eigenvalue weighted by molar-refractivity contribution is 0.174. The Kier molecular flexibility index (Phi) is 7.00. The van der Waals surface area contributed by atoms with E-state index in [1.807, 2.05) is 6.07 Å². The zero-order chi connectivity index (χ0) is 18.2. The first-order valence-corrected chi connectivity index (χ1v) is 9.84. The largest absolute Gasteiger partial charge is 0.454 e. The maximum atomic E-state index is 5.44. The third-order valence-electron chi connectivity index (χ3n) is 5.13. The zero-order valence-electron chi connectivity index (χ0n) is 16.1. The van der Waals surface area contributed by atoms with Gasteiger partial charge >= 0.3 is 0 Å². The highest BCUT2D eigenvalue weighted by atomic mass is 16.7. The topological polar surface area (TPSA) is 58.1 Å². The molecule has 0 unspecified atom stereocenters. The second-order valence-electron chi connectivity index (χ2n) is 7.16. The molecule has 1 saturated heterocycles. The summed E-state index contributed by atoms with van der Waals surface area (Å²) in [6, 6.07) is 6.14. The maximum Gasteiger partial charge on any atom is 0.231 e. The molecule has 2 N–H and O–H groups in total. The minimum atomic E-state index is 0.325. The van der Waals surface area contributed by atoms with Crippen LogP contribution in [0.1, 0.15) is 31.7 Å². The molecule has 6 heteroatoms. The van der Waals surface area contributed by atoms with Crippen molar-refractivity contribution in [1.82, 2.24) is 15.5 Å². The summed E-state index contributed by atoms with van der Waals surface area (Å²) in [4.78, 5) is 7.17. The predicted molar refractivity (Wildman–Crippen MR) is 105 cm³/mol. The Balaban J connectivity index is 1.41. The van der Waals surface area contributed by atoms with E-state index in [1.54, 1.807) is 0 Å². The molecule has 0 aliphatic carbocycles. The molecule has 0 amide bonds. The number of hydrogen-bond donors (Lipinski definition) is 2. The molecule has 3 rings (SSSR count). The van der Waals surface area contributed by atoms with Crippen LogP contribution in [-0.2, 0) is 6.42 Å². The lowest BCUT2D eigenvalue weighted by atomic mass is 9.94. The van der Waals surface area contributed by atoms with Crippen LogP contribution < -0.4 is 20.1 Å². The van der Waals surface area contributed by atoms with E-state index in [4.69, 9.17) is 14.5 Å². The van der Waals surface area contributed by atoms with Crippen LogP contribution in [0.5, 0.6) is 11.5 Å². The van der Waals surface area contributed by atoms with Crippen molar-refractivity contribution >= 4 is 5.96 Å². The van der Waals surface area contributed by atoms with Crippen LogP contribution in [0.2, 0.25) is 0 Å². The van der Waals surface area contributed by atoms with Crippen LogP contribution in [0.25, 0.3) is 0 Å². The van der Waals surface area contributed by atoms with Crippen molar-refractivity contribution in [1.29, 1.82) is 0 Å². The standard InChI is InChI=1S/C20H32N4O2/c1-3-21-20(22-10-6-16-8-12-24(2)13-9-16)23-11-7-17-4-5-18-19(14-17)26-15-25-18/h4-5,14,16H,3,6-13,15H2,1-2H3,(H2,21,22,23). The molecular formula is C20H32N4O2. The molecule has 0 bridgehead atoms. The van der Waals surface area contributed by atoms with E-state index in [9.17, 15) is 0 Å². The van der Waals surface area contributed by atoms with Crippen molar-refractivity contribution in [3.63, 3.8) is 0 Å². The SMILES string of the molecule is CCNC(=NCCC1CCN(C)CC1)NCCc1ccc2c(c1)OCO2. The first-order valence-electron chi connectivity index (χ1n) is 9.84. The number of aliphatic imine (C=N–C) groups is 1. The van der Waals surface area contributed by atoms with E-state index in [-0.39, 0.29) is 0 Å². The highest BCUT2D eigenvalue weighted by Crippen LogP contribution is 2.32. The van der Waals surface area contributed by atoms with Crippen molar-refractivity contribution < 1.29 is 9.47 Å². The van der Waals surface area contributed by atoms with Gasteiger partial charge in [0.15, 0.2) is 17.5 Å². The van der Waals surface area contributed by atoms with Crippen LogP contribution in [-0.4, -0.2) is 57.4 Å². The molecular weight excluding hydrogens is 328 g/mol. The van der Waals surface area contributed by atoms with Crippen molar-refractivity contribution in [2.24, 2.45) is 10.9 Å². The van der Waals surface area contributed by atoms with Gasteiger partial charge in [0.1, 0.15) is 0 Å². The normalized spacial score (nSPS) is 18.2. The summed E-state index contributed by atoms with van der Waals surface area (Å²) in [5, 5.41) is 6.78. The van der Waals surface area contributed by atoms with Gasteiger partial charge < -0.3 is 25.0 Å². The van der Waals surface area contributed by atoms with Crippen molar-refractivity contribution in [3.8, 4) is 11.5 Å². The number of nitrogens with one attached hydrogen (secondary N) is 2. The van der Waals surface area contributed by atoms with Crippen LogP contribution in [0, 0.1) is 5.92 Å². The average Bonchev–Trinajstić information content (AvgIpc) is 3.11. The van der Waals surface area contributed by atoms with Gasteiger partial charge in [0, 0.05) is 19.6 Å². The third kappa shape index (κ3) is 5.53. The molecule has 0 saturated carbocycles. The summed E-state index contributed by atoms with van der Waals surface area (Å²) < 4.78 is 10.8. The Morgan fingerprint density at radius 2 is 2.00 bits per heavy atom. The Morgan fingerprint density at radius 1 is 1.19 bits per heavy atom. The second kappa shape index (κ2) is 9.67. The summed E-state index contributed by atoms with van der Waals surface area (Å²) in [6.07, 6.45) is 4.72. The number of nitrogens with zero attached hydrogens (tertiary/aromatic N) is 2. The van der Waals surface area contributed by atoms with Gasteiger partial charge in [0.25, 0.3) is 0 Å². The Bertz CT molecular complexity index is 597. The molecule has 1 aromatic carbocycles. The molecule has 1 fully saturated rings. The molecule has 2 aliphatic heterocycles. The van der Waals surface area contributed by atoms with E-state index in [0.717, 1.165) is 49.4 Å². The molecule has 1 aromatic rings. The lowest BCUT2D eigenvalue weighted by Gasteiger charge is -2.28. The number of guanidine groups is 1. The van der Waals surface area contributed by atoms with Crippen molar-refractivity contribution in [2.45, 2.75) is 32.6 Å². The molecule has 2 heterocycles. The second-order valence-corrected chi connectivity index (χ2v) is 7.16. The molecule has 144 valence electrons. The van der Waals surface area contributed by atoms with E-state index < -0.39 is 0 Å². The third-order valence-corrected chi connectivity index (χ3v) is 5.13. The Morgan fingerprint density at radius 3 is 2.81 bits per heavy atom. The number of likely N-dealkylation sites (tertiary alicyclic amines) is 1. The molecule has 0 spiro atoms. The maximum absolute atomic E-state index is 5.44. The van der Waals surface area contributed by atoms with E-state index in [1.165, 1.54) is 37.9 Å². The number of piperidine rings is 1. The van der Waals surface area contributed by atoms with Crippen molar-refractivity contribution in [3.05, 3.63) is 23.8 Å². The number of rotatable bonds is 7. The van der Waals surface area contributed by atoms with Gasteiger partial charge in [-0.05, 0) is 76.4 Å². The molecule has 0 aromatic heterocycles. The van der Waals surface area contributed by atoms with Gasteiger partial charge in [-0.1, -0.05) is 6.07 Å². The first-order chi connectivity index (χ1) is 12.7. The lowest BCUT2D eigenvalue weighted by Crippen LogP contribution is -2.38. The van der Waals surface area contributed by atoms with Crippen LogP contribution >= 0.6 is 0 Å². The van der Waals surface area contributed by atoms with Gasteiger partial charge in [-0.15, -0.1) is 0 Å². The molecule has 26 heavy (non-hydrogen) atoms. The average molecular weight is 361 g/mol.